The van der Waals surface area contributed by atoms with Crippen molar-refractivity contribution in [1.29, 1.82) is 0 Å². The van der Waals surface area contributed by atoms with Crippen LogP contribution in [0.4, 0.5) is 0 Å². The minimum atomic E-state index is -1.09. The fourth-order valence-electron chi connectivity index (χ4n) is 1.02. The van der Waals surface area contributed by atoms with Crippen LogP contribution in [0.5, 0.6) is 0 Å². The van der Waals surface area contributed by atoms with E-state index in [1.165, 1.54) is 17.1 Å². The van der Waals surface area contributed by atoms with E-state index < -0.39 is 11.9 Å². The van der Waals surface area contributed by atoms with Gasteiger partial charge < -0.3 is 10.2 Å². The van der Waals surface area contributed by atoms with Gasteiger partial charge in [0.1, 0.15) is 0 Å². The van der Waals surface area contributed by atoms with Gasteiger partial charge in [-0.2, -0.15) is 0 Å². The number of aliphatic carboxylic acids is 2. The van der Waals surface area contributed by atoms with Crippen LogP contribution in [0.1, 0.15) is 27.2 Å². The number of carboxylic acid groups (broad SMARTS) is 2. The topological polar surface area (TPSA) is 129 Å². The number of hydrogen-bond acceptors (Lipinski definition) is 5. The lowest BCUT2D eigenvalue weighted by atomic mass is 10.3. The molecule has 8 nitrogen and oxygen atoms in total. The maximum absolute atomic E-state index is 10.6. The van der Waals surface area contributed by atoms with Crippen LogP contribution < -0.4 is 0 Å². The number of hydrogen-bond donors (Lipinski definition) is 2. The summed E-state index contributed by atoms with van der Waals surface area (Å²) >= 11 is 0. The molecule has 22 heavy (non-hydrogen) atoms. The number of carboxylic acids is 2. The van der Waals surface area contributed by atoms with Crippen molar-refractivity contribution < 1.29 is 34.2 Å². The number of ketones is 1. The number of imide groups is 1. The average molecular weight is 313 g/mol. The molecule has 0 aromatic heterocycles. The minimum absolute atomic E-state index is 0.169. The molecule has 2 N–H and O–H groups in total. The zero-order chi connectivity index (χ0) is 17.7. The van der Waals surface area contributed by atoms with Crippen molar-refractivity contribution in [3.8, 4) is 0 Å². The second-order valence-electron chi connectivity index (χ2n) is 3.76. The second kappa shape index (κ2) is 12.0. The fraction of sp³-hybridized carbons (Fsp3) is 0.357. The lowest BCUT2D eigenvalue weighted by Gasteiger charge is -2.08. The van der Waals surface area contributed by atoms with E-state index in [2.05, 4.69) is 0 Å². The number of rotatable bonds is 4. The van der Waals surface area contributed by atoms with Gasteiger partial charge in [-0.3, -0.25) is 24.1 Å². The Hall–Kier alpha value is -2.77. The Bertz CT molecular complexity index is 469. The van der Waals surface area contributed by atoms with Crippen molar-refractivity contribution in [1.82, 2.24) is 4.90 Å². The summed E-state index contributed by atoms with van der Waals surface area (Å²) in [6, 6.07) is 0. The van der Waals surface area contributed by atoms with Crippen LogP contribution >= 0.6 is 0 Å². The highest BCUT2D eigenvalue weighted by Crippen LogP contribution is 2.00. The molecular formula is C14H19NO7. The molecule has 0 saturated heterocycles. The van der Waals surface area contributed by atoms with Crippen LogP contribution in [0.2, 0.25) is 0 Å². The molecule has 0 aliphatic carbocycles. The number of likely N-dealkylation sites (N-methyl/N-ethyl adjacent to an activating group) is 1. The van der Waals surface area contributed by atoms with E-state index in [4.69, 9.17) is 15.0 Å². The molecule has 0 bridgehead atoms. The summed E-state index contributed by atoms with van der Waals surface area (Å²) in [6.07, 6.45) is 4.82. The molecule has 0 unspecified atom stereocenters. The Morgan fingerprint density at radius 2 is 1.45 bits per heavy atom. The van der Waals surface area contributed by atoms with Crippen molar-refractivity contribution >= 4 is 29.5 Å². The molecule has 1 heterocycles. The first-order valence-corrected chi connectivity index (χ1v) is 6.32. The van der Waals surface area contributed by atoms with Gasteiger partial charge in [-0.1, -0.05) is 6.92 Å². The van der Waals surface area contributed by atoms with Crippen molar-refractivity contribution in [3.05, 3.63) is 24.3 Å². The number of allylic oxidation sites excluding steroid dienone is 1. The van der Waals surface area contributed by atoms with Gasteiger partial charge in [0, 0.05) is 38.1 Å². The highest BCUT2D eigenvalue weighted by Gasteiger charge is 2.20. The first-order chi connectivity index (χ1) is 10.1. The predicted octanol–water partition coefficient (Wildman–Crippen LogP) is 0.629. The third-order valence-corrected chi connectivity index (χ3v) is 1.98. The van der Waals surface area contributed by atoms with E-state index in [1.807, 2.05) is 0 Å². The summed E-state index contributed by atoms with van der Waals surface area (Å²) in [5.41, 5.74) is 0. The first-order valence-electron chi connectivity index (χ1n) is 6.32. The molecule has 0 atom stereocenters. The average Bonchev–Trinajstić information content (AvgIpc) is 2.74. The van der Waals surface area contributed by atoms with Gasteiger partial charge in [-0.05, 0) is 13.0 Å². The lowest BCUT2D eigenvalue weighted by Crippen LogP contribution is -2.29. The fourth-order valence-corrected chi connectivity index (χ4v) is 1.02. The maximum atomic E-state index is 10.6. The van der Waals surface area contributed by atoms with E-state index >= 15 is 0 Å². The van der Waals surface area contributed by atoms with E-state index in [0.29, 0.717) is 13.0 Å². The molecule has 122 valence electrons. The van der Waals surface area contributed by atoms with Crippen molar-refractivity contribution in [3.63, 3.8) is 0 Å². The predicted molar refractivity (Wildman–Crippen MR) is 76.9 cm³/mol. The summed E-state index contributed by atoms with van der Waals surface area (Å²) in [7, 11) is 0. The number of carbonyl (C=O) groups excluding carboxylic acids is 3. The molecule has 2 amide bonds. The lowest BCUT2D eigenvalue weighted by molar-refractivity contribution is -0.137. The maximum Gasteiger partial charge on any atom is 0.328 e. The Labute approximate surface area is 127 Å². The SMILES string of the molecule is CC(=O)O.CCC(=O)/C=C\C(=O)O.CCN1C(=O)C=CC1=O. The minimum Gasteiger partial charge on any atom is -0.481 e. The Morgan fingerprint density at radius 3 is 1.68 bits per heavy atom. The van der Waals surface area contributed by atoms with Gasteiger partial charge in [-0.25, -0.2) is 4.79 Å². The standard InChI is InChI=1S/C6H7NO2.C6H8O3.C2H4O2/c1-2-7-5(8)3-4-6(7)9;1-2-5(7)3-4-6(8)9;1-2(3)4/h3-4H,2H2,1H3;3-4H,2H2,1H3,(H,8,9);1H3,(H,3,4)/b;4-3-;. The largest absolute Gasteiger partial charge is 0.481 e. The Morgan fingerprint density at radius 1 is 1.05 bits per heavy atom. The van der Waals surface area contributed by atoms with Crippen LogP contribution in [-0.4, -0.2) is 51.2 Å². The molecule has 1 aliphatic heterocycles. The first kappa shape index (κ1) is 21.5. The van der Waals surface area contributed by atoms with E-state index in [0.717, 1.165) is 19.1 Å². The molecule has 0 spiro atoms. The zero-order valence-electron chi connectivity index (χ0n) is 12.6. The Kier molecular flexibility index (Phi) is 11.7. The highest BCUT2D eigenvalue weighted by atomic mass is 16.4. The van der Waals surface area contributed by atoms with Gasteiger partial charge in [0.2, 0.25) is 0 Å². The summed E-state index contributed by atoms with van der Waals surface area (Å²) in [5, 5.41) is 15.4. The summed E-state index contributed by atoms with van der Waals surface area (Å²) in [5.74, 6) is -2.50. The van der Waals surface area contributed by atoms with Gasteiger partial charge in [0.05, 0.1) is 0 Å². The van der Waals surface area contributed by atoms with Gasteiger partial charge in [-0.15, -0.1) is 0 Å². The van der Waals surface area contributed by atoms with Crippen LogP contribution in [0.15, 0.2) is 24.3 Å². The van der Waals surface area contributed by atoms with Crippen LogP contribution in [0, 0.1) is 0 Å². The van der Waals surface area contributed by atoms with Gasteiger partial charge >= 0.3 is 5.97 Å². The molecule has 0 fully saturated rings. The molecule has 8 heteroatoms. The number of nitrogens with zero attached hydrogens (tertiary/aromatic N) is 1. The highest BCUT2D eigenvalue weighted by molar-refractivity contribution is 6.12. The summed E-state index contributed by atoms with van der Waals surface area (Å²) in [4.78, 5) is 51.6. The Balaban J connectivity index is 0. The quantitative estimate of drug-likeness (QED) is 0.575. The second-order valence-corrected chi connectivity index (χ2v) is 3.76. The van der Waals surface area contributed by atoms with Gasteiger partial charge in [0.15, 0.2) is 5.78 Å². The zero-order valence-corrected chi connectivity index (χ0v) is 12.6. The molecule has 0 aromatic rings. The van der Waals surface area contributed by atoms with Crippen LogP contribution in [0.25, 0.3) is 0 Å². The normalized spacial score (nSPS) is 12.4. The number of carbonyl (C=O) groups is 5. The molecular weight excluding hydrogens is 294 g/mol. The van der Waals surface area contributed by atoms with Crippen molar-refractivity contribution in [2.45, 2.75) is 27.2 Å². The van der Waals surface area contributed by atoms with Gasteiger partial charge in [0.25, 0.3) is 17.8 Å². The van der Waals surface area contributed by atoms with Crippen molar-refractivity contribution in [2.24, 2.45) is 0 Å². The van der Waals surface area contributed by atoms with Crippen molar-refractivity contribution in [2.75, 3.05) is 6.54 Å². The number of amides is 2. The monoisotopic (exact) mass is 313 g/mol. The van der Waals surface area contributed by atoms with Crippen LogP contribution in [0.3, 0.4) is 0 Å². The summed E-state index contributed by atoms with van der Waals surface area (Å²) < 4.78 is 0. The van der Waals surface area contributed by atoms with E-state index in [9.17, 15) is 19.2 Å². The summed E-state index contributed by atoms with van der Waals surface area (Å²) in [6.45, 7) is 4.99. The molecule has 0 aromatic carbocycles. The smallest absolute Gasteiger partial charge is 0.328 e. The third-order valence-electron chi connectivity index (χ3n) is 1.98. The third kappa shape index (κ3) is 12.3. The molecule has 1 rings (SSSR count). The van der Waals surface area contributed by atoms with E-state index in [1.54, 1.807) is 13.8 Å². The van der Waals surface area contributed by atoms with E-state index in [-0.39, 0.29) is 17.6 Å². The molecule has 1 aliphatic rings. The van der Waals surface area contributed by atoms with Crippen LogP contribution in [-0.2, 0) is 24.0 Å². The molecule has 0 radical (unpaired) electrons. The molecule has 0 saturated carbocycles.